The fourth-order valence-electron chi connectivity index (χ4n) is 4.22. The van der Waals surface area contributed by atoms with Gasteiger partial charge in [0.15, 0.2) is 0 Å². The molecule has 28 heavy (non-hydrogen) atoms. The molecule has 0 radical (unpaired) electrons. The van der Waals surface area contributed by atoms with Crippen molar-refractivity contribution >= 4 is 21.8 Å². The van der Waals surface area contributed by atoms with Gasteiger partial charge in [-0.1, -0.05) is 59.7 Å². The van der Waals surface area contributed by atoms with Crippen LogP contribution in [0.2, 0.25) is 0 Å². The topological polar surface area (TPSA) is 4.93 Å². The number of aromatic nitrogens is 1. The fraction of sp³-hybridized carbons (Fsp3) is 0.111. The lowest BCUT2D eigenvalue weighted by Crippen LogP contribution is -1.95. The summed E-state index contributed by atoms with van der Waals surface area (Å²) in [5.41, 5.74) is 10.1. The van der Waals surface area contributed by atoms with Crippen molar-refractivity contribution < 1.29 is 0 Å². The zero-order valence-electron chi connectivity index (χ0n) is 16.5. The molecule has 0 saturated carbocycles. The van der Waals surface area contributed by atoms with Gasteiger partial charge in [-0.15, -0.1) is 0 Å². The average Bonchev–Trinajstić information content (AvgIpc) is 3.01. The van der Waals surface area contributed by atoms with Gasteiger partial charge in [0.25, 0.3) is 0 Å². The molecule has 0 aliphatic heterocycles. The number of fused-ring (bicyclic) bond motifs is 3. The van der Waals surface area contributed by atoms with Gasteiger partial charge >= 0.3 is 0 Å². The van der Waals surface area contributed by atoms with Crippen molar-refractivity contribution in [2.75, 3.05) is 0 Å². The fourth-order valence-corrected chi connectivity index (χ4v) is 4.22. The zero-order chi connectivity index (χ0) is 19.3. The summed E-state index contributed by atoms with van der Waals surface area (Å²) in [7, 11) is 0. The summed E-state index contributed by atoms with van der Waals surface area (Å²) in [6.45, 7) is 6.51. The number of nitrogens with zero attached hydrogens (tertiary/aromatic N) is 1. The molecule has 5 rings (SSSR count). The largest absolute Gasteiger partial charge is 0.309 e. The molecule has 5 aromatic rings. The van der Waals surface area contributed by atoms with Gasteiger partial charge in [-0.2, -0.15) is 0 Å². The molecule has 136 valence electrons. The van der Waals surface area contributed by atoms with Crippen molar-refractivity contribution in [3.8, 4) is 16.8 Å². The van der Waals surface area contributed by atoms with E-state index in [1.54, 1.807) is 0 Å². The Morgan fingerprint density at radius 2 is 1.11 bits per heavy atom. The number of aryl methyl sites for hydroxylation is 3. The highest BCUT2D eigenvalue weighted by Gasteiger charge is 2.13. The van der Waals surface area contributed by atoms with Crippen LogP contribution < -0.4 is 0 Å². The lowest BCUT2D eigenvalue weighted by Gasteiger charge is -2.12. The Labute approximate surface area is 165 Å². The van der Waals surface area contributed by atoms with Crippen molar-refractivity contribution in [2.45, 2.75) is 20.8 Å². The molecule has 0 fully saturated rings. The molecule has 1 heteroatoms. The normalized spacial score (nSPS) is 11.4. The molecule has 1 aromatic heterocycles. The third-order valence-corrected chi connectivity index (χ3v) is 5.50. The van der Waals surface area contributed by atoms with Gasteiger partial charge in [0, 0.05) is 16.5 Å². The van der Waals surface area contributed by atoms with Crippen LogP contribution in [0.1, 0.15) is 16.7 Å². The molecule has 1 heterocycles. The minimum atomic E-state index is 1.21. The Morgan fingerprint density at radius 1 is 0.500 bits per heavy atom. The smallest absolute Gasteiger partial charge is 0.0541 e. The van der Waals surface area contributed by atoms with Crippen LogP contribution in [0.25, 0.3) is 38.6 Å². The first kappa shape index (κ1) is 16.8. The number of hydrogen-bond acceptors (Lipinski definition) is 0. The van der Waals surface area contributed by atoms with E-state index in [0.29, 0.717) is 0 Å². The summed E-state index contributed by atoms with van der Waals surface area (Å²) in [6.07, 6.45) is 0. The lowest BCUT2D eigenvalue weighted by molar-refractivity contribution is 1.17. The van der Waals surface area contributed by atoms with Crippen molar-refractivity contribution in [1.29, 1.82) is 0 Å². The van der Waals surface area contributed by atoms with Crippen molar-refractivity contribution in [3.63, 3.8) is 0 Å². The van der Waals surface area contributed by atoms with E-state index in [1.165, 1.54) is 55.3 Å². The molecule has 0 unspecified atom stereocenters. The first-order valence-electron chi connectivity index (χ1n) is 9.79. The third kappa shape index (κ3) is 2.71. The highest BCUT2D eigenvalue weighted by molar-refractivity contribution is 6.09. The summed E-state index contributed by atoms with van der Waals surface area (Å²) < 4.78 is 2.41. The molecule has 0 aliphatic carbocycles. The van der Waals surface area contributed by atoms with Gasteiger partial charge in [0.05, 0.1) is 11.0 Å². The summed E-state index contributed by atoms with van der Waals surface area (Å²) >= 11 is 0. The van der Waals surface area contributed by atoms with Crippen molar-refractivity contribution in [3.05, 3.63) is 102 Å². The highest BCUT2D eigenvalue weighted by atomic mass is 15.0. The van der Waals surface area contributed by atoms with Crippen LogP contribution in [0.15, 0.2) is 84.9 Å². The Hall–Kier alpha value is -3.32. The molecule has 1 nitrogen and oxygen atoms in total. The first-order chi connectivity index (χ1) is 13.6. The van der Waals surface area contributed by atoms with Crippen molar-refractivity contribution in [2.24, 2.45) is 0 Å². The molecule has 0 saturated heterocycles. The Bertz CT molecular complexity index is 1260. The van der Waals surface area contributed by atoms with Crippen LogP contribution >= 0.6 is 0 Å². The third-order valence-electron chi connectivity index (χ3n) is 5.50. The van der Waals surface area contributed by atoms with E-state index in [0.717, 1.165) is 0 Å². The summed E-state index contributed by atoms with van der Waals surface area (Å²) in [4.78, 5) is 0. The maximum atomic E-state index is 2.41. The molecule has 0 N–H and O–H groups in total. The monoisotopic (exact) mass is 361 g/mol. The van der Waals surface area contributed by atoms with Crippen LogP contribution in [0, 0.1) is 20.8 Å². The SMILES string of the molecule is Cc1cc(-c2ccccc2)cc(-n2c3ccc(C)cc3c3cc(C)ccc32)c1. The molecule has 0 aliphatic rings. The van der Waals surface area contributed by atoms with Gasteiger partial charge < -0.3 is 4.57 Å². The van der Waals surface area contributed by atoms with E-state index < -0.39 is 0 Å². The van der Waals surface area contributed by atoms with Crippen LogP contribution in [0.5, 0.6) is 0 Å². The molecule has 4 aromatic carbocycles. The number of hydrogen-bond donors (Lipinski definition) is 0. The van der Waals surface area contributed by atoms with Crippen LogP contribution in [0.3, 0.4) is 0 Å². The average molecular weight is 361 g/mol. The predicted molar refractivity (Wildman–Crippen MR) is 120 cm³/mol. The lowest BCUT2D eigenvalue weighted by atomic mass is 10.0. The molecule has 0 atom stereocenters. The van der Waals surface area contributed by atoms with E-state index in [2.05, 4.69) is 110 Å². The molecular weight excluding hydrogens is 338 g/mol. The molecule has 0 amide bonds. The second-order valence-corrected chi connectivity index (χ2v) is 7.80. The number of rotatable bonds is 2. The minimum Gasteiger partial charge on any atom is -0.309 e. The van der Waals surface area contributed by atoms with Gasteiger partial charge in [0.2, 0.25) is 0 Å². The molecular formula is C27H23N. The van der Waals surface area contributed by atoms with Gasteiger partial charge in [0.1, 0.15) is 0 Å². The zero-order valence-corrected chi connectivity index (χ0v) is 16.5. The summed E-state index contributed by atoms with van der Waals surface area (Å²) in [5, 5.41) is 2.64. The predicted octanol–water partition coefficient (Wildman–Crippen LogP) is 7.38. The maximum Gasteiger partial charge on any atom is 0.0541 e. The standard InChI is InChI=1S/C27H23N/c1-18-9-11-26-24(15-18)25-16-19(2)10-12-27(25)28(26)23-14-20(3)13-22(17-23)21-7-5-4-6-8-21/h4-17H,1-3H3. The van der Waals surface area contributed by atoms with E-state index >= 15 is 0 Å². The Kier molecular flexibility index (Phi) is 3.84. The van der Waals surface area contributed by atoms with E-state index in [-0.39, 0.29) is 0 Å². The molecule has 0 spiro atoms. The van der Waals surface area contributed by atoms with E-state index in [1.807, 2.05) is 0 Å². The first-order valence-corrected chi connectivity index (χ1v) is 9.79. The summed E-state index contributed by atoms with van der Waals surface area (Å²) in [5.74, 6) is 0. The highest BCUT2D eigenvalue weighted by Crippen LogP contribution is 2.34. The van der Waals surface area contributed by atoms with Crippen molar-refractivity contribution in [1.82, 2.24) is 4.57 Å². The number of benzene rings is 4. The Balaban J connectivity index is 1.85. The van der Waals surface area contributed by atoms with Gasteiger partial charge in [-0.25, -0.2) is 0 Å². The van der Waals surface area contributed by atoms with Crippen LogP contribution in [-0.2, 0) is 0 Å². The second-order valence-electron chi connectivity index (χ2n) is 7.80. The van der Waals surface area contributed by atoms with Gasteiger partial charge in [-0.3, -0.25) is 0 Å². The van der Waals surface area contributed by atoms with E-state index in [9.17, 15) is 0 Å². The second kappa shape index (κ2) is 6.38. The Morgan fingerprint density at radius 3 is 1.71 bits per heavy atom. The van der Waals surface area contributed by atoms with E-state index in [4.69, 9.17) is 0 Å². The quantitative estimate of drug-likeness (QED) is 0.309. The molecule has 0 bridgehead atoms. The van der Waals surface area contributed by atoms with Crippen LogP contribution in [0.4, 0.5) is 0 Å². The maximum absolute atomic E-state index is 2.41. The summed E-state index contributed by atoms with van der Waals surface area (Å²) in [6, 6.07) is 31.0. The van der Waals surface area contributed by atoms with Gasteiger partial charge in [-0.05, 0) is 73.9 Å². The minimum absolute atomic E-state index is 1.21. The van der Waals surface area contributed by atoms with Crippen LogP contribution in [-0.4, -0.2) is 4.57 Å².